The number of aryl methyl sites for hydroxylation is 3. The fraction of sp³-hybridized carbons (Fsp3) is 0.267. The van der Waals surface area contributed by atoms with Crippen molar-refractivity contribution in [1.29, 1.82) is 0 Å². The van der Waals surface area contributed by atoms with Crippen molar-refractivity contribution in [2.75, 3.05) is 0 Å². The molecule has 0 bridgehead atoms. The zero-order chi connectivity index (χ0) is 13.1. The molecule has 3 heteroatoms. The molecule has 2 N–H and O–H groups in total. The Labute approximate surface area is 108 Å². The molecule has 18 heavy (non-hydrogen) atoms. The van der Waals surface area contributed by atoms with Gasteiger partial charge in [0.1, 0.15) is 5.75 Å². The number of aromatic nitrogens is 1. The highest BCUT2D eigenvalue weighted by molar-refractivity contribution is 5.38. The summed E-state index contributed by atoms with van der Waals surface area (Å²) in [6, 6.07) is 9.91. The van der Waals surface area contributed by atoms with Gasteiger partial charge in [-0.25, -0.2) is 4.98 Å². The predicted octanol–water partition coefficient (Wildman–Crippen LogP) is 3.26. The third-order valence-corrected chi connectivity index (χ3v) is 2.99. The van der Waals surface area contributed by atoms with Gasteiger partial charge in [-0.15, -0.1) is 0 Å². The molecular formula is C15H18N2O. The van der Waals surface area contributed by atoms with Gasteiger partial charge in [0.15, 0.2) is 0 Å². The fourth-order valence-corrected chi connectivity index (χ4v) is 1.69. The zero-order valence-electron chi connectivity index (χ0n) is 11.0. The Morgan fingerprint density at radius 1 is 1.06 bits per heavy atom. The highest BCUT2D eigenvalue weighted by Crippen LogP contribution is 2.25. The van der Waals surface area contributed by atoms with E-state index in [9.17, 15) is 0 Å². The van der Waals surface area contributed by atoms with Gasteiger partial charge in [0.05, 0.1) is 0 Å². The van der Waals surface area contributed by atoms with Crippen molar-refractivity contribution in [3.8, 4) is 11.6 Å². The van der Waals surface area contributed by atoms with E-state index in [-0.39, 0.29) is 0 Å². The van der Waals surface area contributed by atoms with E-state index in [1.807, 2.05) is 37.3 Å². The molecule has 3 nitrogen and oxygen atoms in total. The van der Waals surface area contributed by atoms with Gasteiger partial charge in [0, 0.05) is 17.8 Å². The first-order valence-electron chi connectivity index (χ1n) is 6.02. The summed E-state index contributed by atoms with van der Waals surface area (Å²) in [5, 5.41) is 0. The number of benzene rings is 1. The summed E-state index contributed by atoms with van der Waals surface area (Å²) in [7, 11) is 0. The molecule has 0 saturated carbocycles. The molecule has 0 unspecified atom stereocenters. The van der Waals surface area contributed by atoms with Crippen molar-refractivity contribution in [1.82, 2.24) is 4.98 Å². The second-order valence-corrected chi connectivity index (χ2v) is 4.47. The zero-order valence-corrected chi connectivity index (χ0v) is 11.0. The highest BCUT2D eigenvalue weighted by atomic mass is 16.5. The van der Waals surface area contributed by atoms with E-state index in [0.29, 0.717) is 12.4 Å². The standard InChI is InChI=1S/C15H18N2O/c1-10-4-7-14(8-11(10)2)18-15-13(9-16)6-5-12(3)17-15/h4-8H,9,16H2,1-3H3. The summed E-state index contributed by atoms with van der Waals surface area (Å²) in [6.45, 7) is 6.51. The first-order chi connectivity index (χ1) is 8.60. The van der Waals surface area contributed by atoms with Crippen LogP contribution in [0.25, 0.3) is 0 Å². The molecule has 2 rings (SSSR count). The molecule has 0 aliphatic heterocycles. The monoisotopic (exact) mass is 242 g/mol. The van der Waals surface area contributed by atoms with Gasteiger partial charge < -0.3 is 10.5 Å². The molecule has 1 aromatic heterocycles. The fourth-order valence-electron chi connectivity index (χ4n) is 1.69. The van der Waals surface area contributed by atoms with Crippen LogP contribution in [0, 0.1) is 20.8 Å². The molecule has 0 aliphatic carbocycles. The lowest BCUT2D eigenvalue weighted by Crippen LogP contribution is -2.02. The van der Waals surface area contributed by atoms with Crippen LogP contribution in [0.1, 0.15) is 22.4 Å². The van der Waals surface area contributed by atoms with Crippen LogP contribution >= 0.6 is 0 Å². The molecule has 0 fully saturated rings. The highest BCUT2D eigenvalue weighted by Gasteiger charge is 2.06. The Balaban J connectivity index is 2.33. The molecule has 0 spiro atoms. The van der Waals surface area contributed by atoms with E-state index in [0.717, 1.165) is 17.0 Å². The molecule has 0 saturated heterocycles. The molecule has 94 valence electrons. The Hall–Kier alpha value is -1.87. The van der Waals surface area contributed by atoms with E-state index < -0.39 is 0 Å². The van der Waals surface area contributed by atoms with Gasteiger partial charge in [-0.05, 0) is 50.1 Å². The topological polar surface area (TPSA) is 48.1 Å². The first kappa shape index (κ1) is 12.6. The van der Waals surface area contributed by atoms with Gasteiger partial charge in [0.2, 0.25) is 5.88 Å². The third-order valence-electron chi connectivity index (χ3n) is 2.99. The summed E-state index contributed by atoms with van der Waals surface area (Å²) in [6.07, 6.45) is 0. The third kappa shape index (κ3) is 2.68. The van der Waals surface area contributed by atoms with E-state index in [1.165, 1.54) is 11.1 Å². The predicted molar refractivity (Wildman–Crippen MR) is 72.9 cm³/mol. The number of hydrogen-bond donors (Lipinski definition) is 1. The van der Waals surface area contributed by atoms with Crippen LogP contribution in [0.2, 0.25) is 0 Å². The number of nitrogens with two attached hydrogens (primary N) is 1. The number of rotatable bonds is 3. The SMILES string of the molecule is Cc1ccc(CN)c(Oc2ccc(C)c(C)c2)n1. The molecular weight excluding hydrogens is 224 g/mol. The van der Waals surface area contributed by atoms with E-state index in [4.69, 9.17) is 10.5 Å². The smallest absolute Gasteiger partial charge is 0.223 e. The second kappa shape index (κ2) is 5.19. The van der Waals surface area contributed by atoms with Gasteiger partial charge in [-0.2, -0.15) is 0 Å². The second-order valence-electron chi connectivity index (χ2n) is 4.47. The number of pyridine rings is 1. The lowest BCUT2D eigenvalue weighted by atomic mass is 10.1. The summed E-state index contributed by atoms with van der Waals surface area (Å²) >= 11 is 0. The number of ether oxygens (including phenoxy) is 1. The van der Waals surface area contributed by atoms with Crippen LogP contribution < -0.4 is 10.5 Å². The van der Waals surface area contributed by atoms with Crippen molar-refractivity contribution in [3.63, 3.8) is 0 Å². The van der Waals surface area contributed by atoms with E-state index >= 15 is 0 Å². The van der Waals surface area contributed by atoms with Crippen molar-refractivity contribution < 1.29 is 4.74 Å². The molecule has 0 amide bonds. The summed E-state index contributed by atoms with van der Waals surface area (Å²) in [5.74, 6) is 1.40. The van der Waals surface area contributed by atoms with Crippen LogP contribution in [-0.4, -0.2) is 4.98 Å². The summed E-state index contributed by atoms with van der Waals surface area (Å²) in [5.41, 5.74) is 9.98. The number of hydrogen-bond acceptors (Lipinski definition) is 3. The van der Waals surface area contributed by atoms with Gasteiger partial charge in [-0.3, -0.25) is 0 Å². The van der Waals surface area contributed by atoms with Crippen molar-refractivity contribution in [2.24, 2.45) is 5.73 Å². The molecule has 0 radical (unpaired) electrons. The van der Waals surface area contributed by atoms with Crippen LogP contribution in [0.3, 0.4) is 0 Å². The van der Waals surface area contributed by atoms with E-state index in [1.54, 1.807) is 0 Å². The van der Waals surface area contributed by atoms with Crippen LogP contribution in [0.5, 0.6) is 11.6 Å². The maximum Gasteiger partial charge on any atom is 0.223 e. The first-order valence-corrected chi connectivity index (χ1v) is 6.02. The maximum atomic E-state index is 5.83. The molecule has 0 aliphatic rings. The number of nitrogens with zero attached hydrogens (tertiary/aromatic N) is 1. The Kier molecular flexibility index (Phi) is 3.63. The average Bonchev–Trinajstić information content (AvgIpc) is 2.34. The van der Waals surface area contributed by atoms with Gasteiger partial charge in [-0.1, -0.05) is 12.1 Å². The largest absolute Gasteiger partial charge is 0.439 e. The minimum atomic E-state index is 0.424. The van der Waals surface area contributed by atoms with Crippen molar-refractivity contribution in [3.05, 3.63) is 52.7 Å². The van der Waals surface area contributed by atoms with Crippen LogP contribution in [0.4, 0.5) is 0 Å². The van der Waals surface area contributed by atoms with Gasteiger partial charge in [0.25, 0.3) is 0 Å². The molecule has 1 heterocycles. The quantitative estimate of drug-likeness (QED) is 0.898. The average molecular weight is 242 g/mol. The summed E-state index contributed by atoms with van der Waals surface area (Å²) < 4.78 is 5.83. The van der Waals surface area contributed by atoms with Crippen LogP contribution in [0.15, 0.2) is 30.3 Å². The minimum absolute atomic E-state index is 0.424. The van der Waals surface area contributed by atoms with E-state index in [2.05, 4.69) is 18.8 Å². The molecule has 0 atom stereocenters. The normalized spacial score (nSPS) is 10.4. The Morgan fingerprint density at radius 3 is 2.50 bits per heavy atom. The maximum absolute atomic E-state index is 5.83. The summed E-state index contributed by atoms with van der Waals surface area (Å²) in [4.78, 5) is 4.39. The lowest BCUT2D eigenvalue weighted by molar-refractivity contribution is 0.454. The lowest BCUT2D eigenvalue weighted by Gasteiger charge is -2.11. The van der Waals surface area contributed by atoms with Crippen LogP contribution in [-0.2, 0) is 6.54 Å². The van der Waals surface area contributed by atoms with Gasteiger partial charge >= 0.3 is 0 Å². The van der Waals surface area contributed by atoms with Crippen molar-refractivity contribution >= 4 is 0 Å². The molecule has 1 aromatic carbocycles. The molecule has 2 aromatic rings. The Bertz CT molecular complexity index is 564. The van der Waals surface area contributed by atoms with Crippen molar-refractivity contribution in [2.45, 2.75) is 27.3 Å². The minimum Gasteiger partial charge on any atom is -0.439 e. The Morgan fingerprint density at radius 2 is 1.83 bits per heavy atom.